The minimum absolute atomic E-state index is 0.195. The molecule has 0 saturated heterocycles. The molecule has 1 aromatic carbocycles. The van der Waals surface area contributed by atoms with Gasteiger partial charge >= 0.3 is 0 Å². The number of nitrogens with zero attached hydrogens (tertiary/aromatic N) is 2. The molecule has 0 unspecified atom stereocenters. The zero-order chi connectivity index (χ0) is 13.8. The fraction of sp³-hybridized carbons (Fsp3) is 0.154. The summed E-state index contributed by atoms with van der Waals surface area (Å²) >= 11 is 5.82. The first-order valence-corrected chi connectivity index (χ1v) is 6.07. The van der Waals surface area contributed by atoms with Gasteiger partial charge in [-0.1, -0.05) is 23.7 Å². The highest BCUT2D eigenvalue weighted by molar-refractivity contribution is 6.29. The number of nitrogens with one attached hydrogen (secondary N) is 2. The van der Waals surface area contributed by atoms with Crippen molar-refractivity contribution in [3.8, 4) is 0 Å². The molecule has 1 aromatic heterocycles. The van der Waals surface area contributed by atoms with Gasteiger partial charge in [0.1, 0.15) is 5.15 Å². The standard InChI is InChI=1S/C13H13ClN4O/c1-8-7-11(14)17-13(16-8)18-12(19)9-5-3-4-6-10(9)15-2/h3-7,15H,1-2H3,(H,16,17,18,19). The van der Waals surface area contributed by atoms with E-state index in [4.69, 9.17) is 11.6 Å². The lowest BCUT2D eigenvalue weighted by Gasteiger charge is -2.09. The highest BCUT2D eigenvalue weighted by Crippen LogP contribution is 2.16. The van der Waals surface area contributed by atoms with Crippen LogP contribution in [0.25, 0.3) is 0 Å². The summed E-state index contributed by atoms with van der Waals surface area (Å²) in [6.45, 7) is 1.78. The summed E-state index contributed by atoms with van der Waals surface area (Å²) in [5.41, 5.74) is 1.95. The predicted molar refractivity (Wildman–Crippen MR) is 75.7 cm³/mol. The van der Waals surface area contributed by atoms with Gasteiger partial charge < -0.3 is 5.32 Å². The molecule has 0 aliphatic carbocycles. The Morgan fingerprint density at radius 3 is 2.68 bits per heavy atom. The van der Waals surface area contributed by atoms with E-state index in [0.717, 1.165) is 5.69 Å². The molecule has 2 aromatic rings. The molecule has 2 rings (SSSR count). The summed E-state index contributed by atoms with van der Waals surface area (Å²) in [4.78, 5) is 20.2. The van der Waals surface area contributed by atoms with Crippen LogP contribution in [0.4, 0.5) is 11.6 Å². The van der Waals surface area contributed by atoms with Crippen LogP contribution in [0.3, 0.4) is 0 Å². The van der Waals surface area contributed by atoms with Gasteiger partial charge in [-0.2, -0.15) is 0 Å². The molecule has 19 heavy (non-hydrogen) atoms. The summed E-state index contributed by atoms with van der Waals surface area (Å²) in [5, 5.41) is 5.88. The molecule has 0 aliphatic rings. The van der Waals surface area contributed by atoms with E-state index in [1.165, 1.54) is 0 Å². The Labute approximate surface area is 116 Å². The van der Waals surface area contributed by atoms with Crippen molar-refractivity contribution in [2.24, 2.45) is 0 Å². The molecule has 6 heteroatoms. The summed E-state index contributed by atoms with van der Waals surface area (Å²) < 4.78 is 0. The SMILES string of the molecule is CNc1ccccc1C(=O)Nc1nc(C)cc(Cl)n1. The van der Waals surface area contributed by atoms with Crippen molar-refractivity contribution in [1.29, 1.82) is 0 Å². The molecule has 1 amide bonds. The first kappa shape index (κ1) is 13.3. The Bertz CT molecular complexity index is 595. The molecule has 0 fully saturated rings. The van der Waals surface area contributed by atoms with Crippen LogP contribution in [-0.2, 0) is 0 Å². The van der Waals surface area contributed by atoms with Crippen molar-refractivity contribution in [2.45, 2.75) is 6.92 Å². The normalized spacial score (nSPS) is 10.1. The van der Waals surface area contributed by atoms with Gasteiger partial charge in [-0.15, -0.1) is 0 Å². The van der Waals surface area contributed by atoms with E-state index >= 15 is 0 Å². The van der Waals surface area contributed by atoms with Gasteiger partial charge in [0.2, 0.25) is 5.95 Å². The molecule has 0 spiro atoms. The maximum Gasteiger partial charge on any atom is 0.260 e. The second kappa shape index (κ2) is 5.67. The van der Waals surface area contributed by atoms with Gasteiger partial charge in [-0.3, -0.25) is 10.1 Å². The quantitative estimate of drug-likeness (QED) is 0.846. The topological polar surface area (TPSA) is 66.9 Å². The van der Waals surface area contributed by atoms with Crippen LogP contribution in [0.15, 0.2) is 30.3 Å². The third kappa shape index (κ3) is 3.20. The zero-order valence-electron chi connectivity index (χ0n) is 10.6. The number of rotatable bonds is 3. The number of para-hydroxylation sites is 1. The molecular formula is C13H13ClN4O. The number of halogens is 1. The predicted octanol–water partition coefficient (Wildman–Crippen LogP) is 2.73. The van der Waals surface area contributed by atoms with Crippen molar-refractivity contribution in [3.05, 3.63) is 46.7 Å². The van der Waals surface area contributed by atoms with E-state index in [2.05, 4.69) is 20.6 Å². The van der Waals surface area contributed by atoms with E-state index in [-0.39, 0.29) is 11.9 Å². The lowest BCUT2D eigenvalue weighted by Crippen LogP contribution is -2.16. The Kier molecular flexibility index (Phi) is 3.97. The minimum atomic E-state index is -0.286. The number of anilines is 2. The van der Waals surface area contributed by atoms with Gasteiger partial charge in [0, 0.05) is 18.4 Å². The Morgan fingerprint density at radius 1 is 1.26 bits per heavy atom. The van der Waals surface area contributed by atoms with Gasteiger partial charge in [0.25, 0.3) is 5.91 Å². The van der Waals surface area contributed by atoms with Crippen LogP contribution < -0.4 is 10.6 Å². The molecule has 0 bridgehead atoms. The summed E-state index contributed by atoms with van der Waals surface area (Å²) in [5.74, 6) is -0.0903. The third-order valence-electron chi connectivity index (χ3n) is 2.49. The van der Waals surface area contributed by atoms with Gasteiger partial charge in [-0.05, 0) is 25.1 Å². The van der Waals surface area contributed by atoms with Crippen LogP contribution in [0.2, 0.25) is 5.15 Å². The third-order valence-corrected chi connectivity index (χ3v) is 2.68. The minimum Gasteiger partial charge on any atom is -0.387 e. The number of benzene rings is 1. The second-order valence-electron chi connectivity index (χ2n) is 3.91. The maximum absolute atomic E-state index is 12.1. The van der Waals surface area contributed by atoms with E-state index in [0.29, 0.717) is 16.4 Å². The van der Waals surface area contributed by atoms with E-state index < -0.39 is 0 Å². The molecule has 5 nitrogen and oxygen atoms in total. The van der Waals surface area contributed by atoms with Crippen molar-refractivity contribution >= 4 is 29.1 Å². The van der Waals surface area contributed by atoms with E-state index in [1.54, 1.807) is 32.2 Å². The largest absolute Gasteiger partial charge is 0.387 e. The molecule has 0 atom stereocenters. The van der Waals surface area contributed by atoms with Crippen LogP contribution in [0.5, 0.6) is 0 Å². The van der Waals surface area contributed by atoms with Gasteiger partial charge in [0.05, 0.1) is 5.56 Å². The molecule has 0 saturated carbocycles. The molecule has 0 aliphatic heterocycles. The average molecular weight is 277 g/mol. The van der Waals surface area contributed by atoms with E-state index in [9.17, 15) is 4.79 Å². The first-order chi connectivity index (χ1) is 9.10. The summed E-state index contributed by atoms with van der Waals surface area (Å²) in [6, 6.07) is 8.80. The number of hydrogen-bond acceptors (Lipinski definition) is 4. The Hall–Kier alpha value is -2.14. The Balaban J connectivity index is 2.25. The number of amides is 1. The van der Waals surface area contributed by atoms with Gasteiger partial charge in [-0.25, -0.2) is 9.97 Å². The molecule has 1 heterocycles. The zero-order valence-corrected chi connectivity index (χ0v) is 11.3. The Morgan fingerprint density at radius 2 is 2.00 bits per heavy atom. The van der Waals surface area contributed by atoms with Crippen molar-refractivity contribution < 1.29 is 4.79 Å². The monoisotopic (exact) mass is 276 g/mol. The maximum atomic E-state index is 12.1. The molecule has 98 valence electrons. The average Bonchev–Trinajstić information content (AvgIpc) is 2.37. The number of carbonyl (C=O) groups is 1. The number of hydrogen-bond donors (Lipinski definition) is 2. The summed E-state index contributed by atoms with van der Waals surface area (Å²) in [6.07, 6.45) is 0. The smallest absolute Gasteiger partial charge is 0.260 e. The van der Waals surface area contributed by atoms with Crippen LogP contribution in [0.1, 0.15) is 16.1 Å². The van der Waals surface area contributed by atoms with Crippen molar-refractivity contribution in [2.75, 3.05) is 17.7 Å². The fourth-order valence-corrected chi connectivity index (χ4v) is 1.89. The van der Waals surface area contributed by atoms with Crippen LogP contribution in [-0.4, -0.2) is 22.9 Å². The number of aryl methyl sites for hydroxylation is 1. The first-order valence-electron chi connectivity index (χ1n) is 5.69. The number of aromatic nitrogens is 2. The molecule has 2 N–H and O–H groups in total. The van der Waals surface area contributed by atoms with Crippen molar-refractivity contribution in [1.82, 2.24) is 9.97 Å². The van der Waals surface area contributed by atoms with Crippen molar-refractivity contribution in [3.63, 3.8) is 0 Å². The molecular weight excluding hydrogens is 264 g/mol. The van der Waals surface area contributed by atoms with Crippen LogP contribution in [0, 0.1) is 6.92 Å². The lowest BCUT2D eigenvalue weighted by molar-refractivity contribution is 0.102. The van der Waals surface area contributed by atoms with E-state index in [1.807, 2.05) is 12.1 Å². The highest BCUT2D eigenvalue weighted by Gasteiger charge is 2.12. The highest BCUT2D eigenvalue weighted by atomic mass is 35.5. The fourth-order valence-electron chi connectivity index (χ4n) is 1.65. The lowest BCUT2D eigenvalue weighted by atomic mass is 10.1. The van der Waals surface area contributed by atoms with Gasteiger partial charge in [0.15, 0.2) is 0 Å². The van der Waals surface area contributed by atoms with Crippen LogP contribution >= 0.6 is 11.6 Å². The summed E-state index contributed by atoms with van der Waals surface area (Å²) in [7, 11) is 1.76. The number of carbonyl (C=O) groups excluding carboxylic acids is 1. The second-order valence-corrected chi connectivity index (χ2v) is 4.29. The molecule has 0 radical (unpaired) electrons.